The monoisotopic (exact) mass is 318 g/mol. The highest BCUT2D eigenvalue weighted by molar-refractivity contribution is 5.76. The number of carbonyl (C=O) groups is 1. The van der Waals surface area contributed by atoms with Gasteiger partial charge in [-0.2, -0.15) is 0 Å². The molecule has 0 aliphatic heterocycles. The van der Waals surface area contributed by atoms with Crippen LogP contribution in [0.5, 0.6) is 0 Å². The number of carbonyl (C=O) groups excluding carboxylic acids is 1. The molecule has 0 N–H and O–H groups in total. The molecule has 1 atom stereocenters. The van der Waals surface area contributed by atoms with Crippen molar-refractivity contribution in [2.45, 2.75) is 59.0 Å². The Labute approximate surface area is 136 Å². The Morgan fingerprint density at radius 3 is 2.78 bits per heavy atom. The van der Waals surface area contributed by atoms with Gasteiger partial charge in [0.05, 0.1) is 6.54 Å². The molecule has 2 aromatic heterocycles. The van der Waals surface area contributed by atoms with Crippen LogP contribution in [0, 0.1) is 0 Å². The van der Waals surface area contributed by atoms with E-state index in [4.69, 9.17) is 0 Å². The molecule has 2 rings (SSSR count). The summed E-state index contributed by atoms with van der Waals surface area (Å²) in [6, 6.07) is 5.65. The van der Waals surface area contributed by atoms with Gasteiger partial charge in [0.15, 0.2) is 5.65 Å². The lowest BCUT2D eigenvalue weighted by Crippen LogP contribution is -2.39. The molecule has 1 unspecified atom stereocenters. The van der Waals surface area contributed by atoms with Crippen molar-refractivity contribution in [3.05, 3.63) is 34.9 Å². The molecule has 0 radical (unpaired) electrons. The van der Waals surface area contributed by atoms with Crippen molar-refractivity contribution in [3.8, 4) is 0 Å². The number of unbranched alkanes of at least 4 members (excludes halogenated alkanes) is 1. The Bertz CT molecular complexity index is 704. The predicted octanol–water partition coefficient (Wildman–Crippen LogP) is 2.31. The summed E-state index contributed by atoms with van der Waals surface area (Å²) >= 11 is 0. The van der Waals surface area contributed by atoms with E-state index in [1.807, 2.05) is 11.0 Å². The number of pyridine rings is 1. The molecule has 126 valence electrons. The maximum atomic E-state index is 12.5. The fourth-order valence-electron chi connectivity index (χ4n) is 2.60. The molecule has 0 aromatic carbocycles. The van der Waals surface area contributed by atoms with Crippen molar-refractivity contribution in [3.63, 3.8) is 0 Å². The van der Waals surface area contributed by atoms with E-state index in [0.29, 0.717) is 18.6 Å². The zero-order valence-electron chi connectivity index (χ0n) is 14.2. The molecular weight excluding hydrogens is 292 g/mol. The van der Waals surface area contributed by atoms with Crippen molar-refractivity contribution < 1.29 is 4.79 Å². The van der Waals surface area contributed by atoms with E-state index in [0.717, 1.165) is 25.8 Å². The van der Waals surface area contributed by atoms with Crippen molar-refractivity contribution in [1.82, 2.24) is 19.1 Å². The number of nitrogens with zero attached hydrogens (tertiary/aromatic N) is 4. The normalized spacial score (nSPS) is 12.5. The van der Waals surface area contributed by atoms with Crippen molar-refractivity contribution in [2.24, 2.45) is 0 Å². The van der Waals surface area contributed by atoms with Gasteiger partial charge in [0.2, 0.25) is 5.91 Å². The summed E-state index contributed by atoms with van der Waals surface area (Å²) < 4.78 is 2.87. The molecule has 1 amide bonds. The summed E-state index contributed by atoms with van der Waals surface area (Å²) in [7, 11) is 0. The maximum absolute atomic E-state index is 12.5. The minimum absolute atomic E-state index is 0.0942. The van der Waals surface area contributed by atoms with Gasteiger partial charge in [-0.05, 0) is 31.9 Å². The van der Waals surface area contributed by atoms with Crippen LogP contribution < -0.4 is 5.69 Å². The molecule has 0 saturated heterocycles. The summed E-state index contributed by atoms with van der Waals surface area (Å²) in [4.78, 5) is 26.7. The fraction of sp³-hybridized carbons (Fsp3) is 0.588. The van der Waals surface area contributed by atoms with Crippen molar-refractivity contribution in [2.75, 3.05) is 6.54 Å². The van der Waals surface area contributed by atoms with Crippen molar-refractivity contribution >= 4 is 11.6 Å². The van der Waals surface area contributed by atoms with E-state index in [1.165, 1.54) is 9.08 Å². The number of hydrogen-bond donors (Lipinski definition) is 0. The average molecular weight is 318 g/mol. The van der Waals surface area contributed by atoms with Crippen LogP contribution in [0.2, 0.25) is 0 Å². The number of rotatable bonds is 8. The highest BCUT2D eigenvalue weighted by atomic mass is 16.2. The van der Waals surface area contributed by atoms with E-state index >= 15 is 0 Å². The number of amides is 1. The second-order valence-corrected chi connectivity index (χ2v) is 5.88. The molecule has 23 heavy (non-hydrogen) atoms. The minimum Gasteiger partial charge on any atom is -0.340 e. The Morgan fingerprint density at radius 1 is 1.35 bits per heavy atom. The van der Waals surface area contributed by atoms with Crippen molar-refractivity contribution in [1.29, 1.82) is 0 Å². The van der Waals surface area contributed by atoms with E-state index in [2.05, 4.69) is 25.9 Å². The van der Waals surface area contributed by atoms with E-state index in [9.17, 15) is 9.59 Å². The Kier molecular flexibility index (Phi) is 5.96. The van der Waals surface area contributed by atoms with Gasteiger partial charge < -0.3 is 4.90 Å². The lowest BCUT2D eigenvalue weighted by atomic mass is 10.2. The molecular formula is C17H26N4O2. The highest BCUT2D eigenvalue weighted by Gasteiger charge is 2.18. The number of fused-ring (bicyclic) bond motifs is 1. The largest absolute Gasteiger partial charge is 0.350 e. The lowest BCUT2D eigenvalue weighted by Gasteiger charge is -2.28. The molecule has 0 bridgehead atoms. The first-order valence-electron chi connectivity index (χ1n) is 8.42. The van der Waals surface area contributed by atoms with Crippen LogP contribution in [-0.2, 0) is 11.3 Å². The first kappa shape index (κ1) is 17.2. The first-order chi connectivity index (χ1) is 11.1. The lowest BCUT2D eigenvalue weighted by molar-refractivity contribution is -0.133. The summed E-state index contributed by atoms with van der Waals surface area (Å²) in [5.74, 6) is 0.0942. The molecule has 0 saturated carbocycles. The molecule has 6 heteroatoms. The second kappa shape index (κ2) is 7.94. The SMILES string of the molecule is CCCCN(C(=O)CCn1nc2ccccn2c1=O)C(C)CC. The van der Waals surface area contributed by atoms with Crippen LogP contribution in [0.25, 0.3) is 5.65 Å². The zero-order valence-corrected chi connectivity index (χ0v) is 14.2. The first-order valence-corrected chi connectivity index (χ1v) is 8.42. The topological polar surface area (TPSA) is 59.6 Å². The average Bonchev–Trinajstić information content (AvgIpc) is 2.89. The third-order valence-electron chi connectivity index (χ3n) is 4.22. The smallest absolute Gasteiger partial charge is 0.340 e. The van der Waals surface area contributed by atoms with E-state index < -0.39 is 0 Å². The van der Waals surface area contributed by atoms with Gasteiger partial charge in [-0.1, -0.05) is 26.3 Å². The van der Waals surface area contributed by atoms with Crippen LogP contribution in [0.15, 0.2) is 29.2 Å². The van der Waals surface area contributed by atoms with E-state index in [-0.39, 0.29) is 17.6 Å². The predicted molar refractivity (Wildman–Crippen MR) is 90.4 cm³/mol. The van der Waals surface area contributed by atoms with Gasteiger partial charge in [0, 0.05) is 25.2 Å². The summed E-state index contributed by atoms with van der Waals surface area (Å²) in [5.41, 5.74) is 0.409. The molecule has 0 aliphatic rings. The summed E-state index contributed by atoms with van der Waals surface area (Å²) in [6.45, 7) is 7.38. The fourth-order valence-corrected chi connectivity index (χ4v) is 2.60. The number of hydrogen-bond acceptors (Lipinski definition) is 3. The molecule has 0 spiro atoms. The van der Waals surface area contributed by atoms with Crippen LogP contribution in [0.1, 0.15) is 46.5 Å². The molecule has 0 aliphatic carbocycles. The molecule has 2 heterocycles. The molecule has 2 aromatic rings. The van der Waals surface area contributed by atoms with Gasteiger partial charge in [0.1, 0.15) is 0 Å². The third kappa shape index (κ3) is 4.00. The quantitative estimate of drug-likeness (QED) is 0.750. The number of aryl methyl sites for hydroxylation is 1. The highest BCUT2D eigenvalue weighted by Crippen LogP contribution is 2.08. The molecule has 0 fully saturated rings. The van der Waals surface area contributed by atoms with Gasteiger partial charge >= 0.3 is 5.69 Å². The summed E-state index contributed by atoms with van der Waals surface area (Å²) in [5, 5.41) is 4.27. The zero-order chi connectivity index (χ0) is 16.8. The third-order valence-corrected chi connectivity index (χ3v) is 4.22. The van der Waals surface area contributed by atoms with E-state index in [1.54, 1.807) is 18.3 Å². The Hall–Kier alpha value is -2.11. The van der Waals surface area contributed by atoms with Gasteiger partial charge in [-0.15, -0.1) is 5.10 Å². The summed E-state index contributed by atoms with van der Waals surface area (Å²) in [6.07, 6.45) is 4.99. The van der Waals surface area contributed by atoms with Gasteiger partial charge in [0.25, 0.3) is 0 Å². The van der Waals surface area contributed by atoms with Gasteiger partial charge in [-0.3, -0.25) is 9.20 Å². The van der Waals surface area contributed by atoms with Crippen LogP contribution in [0.3, 0.4) is 0 Å². The Balaban J connectivity index is 2.06. The molecule has 6 nitrogen and oxygen atoms in total. The second-order valence-electron chi connectivity index (χ2n) is 5.88. The number of aromatic nitrogens is 3. The van der Waals surface area contributed by atoms with Crippen LogP contribution in [-0.4, -0.2) is 37.6 Å². The standard InChI is InChI=1S/C17H26N4O2/c1-4-6-11-19(14(3)5-2)16(22)10-13-21-17(23)20-12-8-7-9-15(20)18-21/h7-9,12,14H,4-6,10-11,13H2,1-3H3. The Morgan fingerprint density at radius 2 is 2.13 bits per heavy atom. The van der Waals surface area contributed by atoms with Crippen LogP contribution >= 0.6 is 0 Å². The maximum Gasteiger partial charge on any atom is 0.350 e. The van der Waals surface area contributed by atoms with Crippen LogP contribution in [0.4, 0.5) is 0 Å². The van der Waals surface area contributed by atoms with Gasteiger partial charge in [-0.25, -0.2) is 9.48 Å². The minimum atomic E-state index is -0.197.